The average molecular weight is 376 g/mol. The predicted molar refractivity (Wildman–Crippen MR) is 107 cm³/mol. The van der Waals surface area contributed by atoms with Crippen LogP contribution in [-0.4, -0.2) is 60.0 Å². The molecule has 2 saturated heterocycles. The Bertz CT molecular complexity index is 890. The monoisotopic (exact) mass is 376 g/mol. The molecular formula is C21H24N6O. The second-order valence-electron chi connectivity index (χ2n) is 7.33. The van der Waals surface area contributed by atoms with Gasteiger partial charge in [-0.2, -0.15) is 5.26 Å². The first-order valence-corrected chi connectivity index (χ1v) is 9.79. The van der Waals surface area contributed by atoms with Crippen LogP contribution in [0, 0.1) is 18.3 Å². The summed E-state index contributed by atoms with van der Waals surface area (Å²) in [4.78, 5) is 27.9. The first-order valence-electron chi connectivity index (χ1n) is 9.79. The molecule has 2 aliphatic heterocycles. The summed E-state index contributed by atoms with van der Waals surface area (Å²) in [6.45, 7) is 6.61. The molecule has 7 heteroatoms. The molecule has 2 aromatic rings. The van der Waals surface area contributed by atoms with Gasteiger partial charge in [-0.15, -0.1) is 0 Å². The second-order valence-corrected chi connectivity index (χ2v) is 7.33. The molecule has 3 heterocycles. The number of aryl methyl sites for hydroxylation is 1. The van der Waals surface area contributed by atoms with Crippen LogP contribution in [-0.2, 0) is 0 Å². The fourth-order valence-corrected chi connectivity index (χ4v) is 3.83. The van der Waals surface area contributed by atoms with Crippen LogP contribution >= 0.6 is 0 Å². The Hall–Kier alpha value is -3.14. The fraction of sp³-hybridized carbons (Fsp3) is 0.429. The molecule has 0 unspecified atom stereocenters. The quantitative estimate of drug-likeness (QED) is 0.818. The topological polar surface area (TPSA) is 76.4 Å². The second kappa shape index (κ2) is 7.85. The Balaban J connectivity index is 1.39. The van der Waals surface area contributed by atoms with E-state index in [2.05, 4.69) is 33.1 Å². The van der Waals surface area contributed by atoms with E-state index in [4.69, 9.17) is 5.26 Å². The summed E-state index contributed by atoms with van der Waals surface area (Å²) in [5, 5.41) is 9.10. The van der Waals surface area contributed by atoms with Gasteiger partial charge in [-0.3, -0.25) is 4.79 Å². The van der Waals surface area contributed by atoms with Gasteiger partial charge in [0.05, 0.1) is 0 Å². The summed E-state index contributed by atoms with van der Waals surface area (Å²) in [5.41, 5.74) is 3.08. The highest BCUT2D eigenvalue weighted by atomic mass is 16.2. The lowest BCUT2D eigenvalue weighted by molar-refractivity contribution is 0.0746. The van der Waals surface area contributed by atoms with Gasteiger partial charge in [0.2, 0.25) is 5.95 Å². The van der Waals surface area contributed by atoms with Crippen molar-refractivity contribution < 1.29 is 4.79 Å². The normalized spacial score (nSPS) is 16.9. The van der Waals surface area contributed by atoms with Crippen LogP contribution in [0.4, 0.5) is 11.6 Å². The zero-order valence-corrected chi connectivity index (χ0v) is 16.1. The lowest BCUT2D eigenvalue weighted by Gasteiger charge is -2.35. The van der Waals surface area contributed by atoms with E-state index >= 15 is 0 Å². The fourth-order valence-electron chi connectivity index (χ4n) is 3.83. The van der Waals surface area contributed by atoms with Crippen molar-refractivity contribution in [2.24, 2.45) is 0 Å². The van der Waals surface area contributed by atoms with Gasteiger partial charge in [0, 0.05) is 56.2 Å². The summed E-state index contributed by atoms with van der Waals surface area (Å²) in [6, 6.07) is 11.7. The number of hydrogen-bond donors (Lipinski definition) is 0. The number of hydrogen-bond acceptors (Lipinski definition) is 6. The minimum Gasteiger partial charge on any atom is -0.372 e. The standard InChI is InChI=1S/C21H24N6O/c1-16-14-18(15-22)24-21(23-16)27-12-10-26(11-13-27)20(28)17-4-6-19(7-5-17)25-8-2-3-9-25/h4-7,14H,2-3,8-13H2,1H3. The predicted octanol–water partition coefficient (Wildman–Crippen LogP) is 2.22. The zero-order chi connectivity index (χ0) is 19.5. The van der Waals surface area contributed by atoms with Crippen molar-refractivity contribution in [2.75, 3.05) is 49.1 Å². The molecule has 0 saturated carbocycles. The Morgan fingerprint density at radius 1 is 0.964 bits per heavy atom. The third-order valence-corrected chi connectivity index (χ3v) is 5.39. The summed E-state index contributed by atoms with van der Waals surface area (Å²) in [5.74, 6) is 0.633. The molecule has 0 atom stereocenters. The van der Waals surface area contributed by atoms with Crippen LogP contribution in [0.2, 0.25) is 0 Å². The number of aromatic nitrogens is 2. The van der Waals surface area contributed by atoms with Crippen LogP contribution in [0.1, 0.15) is 34.6 Å². The number of benzene rings is 1. The molecular weight excluding hydrogens is 352 g/mol. The van der Waals surface area contributed by atoms with Crippen LogP contribution < -0.4 is 9.80 Å². The van der Waals surface area contributed by atoms with E-state index in [0.717, 1.165) is 24.3 Å². The molecule has 28 heavy (non-hydrogen) atoms. The van der Waals surface area contributed by atoms with Crippen LogP contribution in [0.15, 0.2) is 30.3 Å². The van der Waals surface area contributed by atoms with Gasteiger partial charge in [-0.1, -0.05) is 0 Å². The minimum absolute atomic E-state index is 0.0653. The minimum atomic E-state index is 0.0653. The Kier molecular flexibility index (Phi) is 5.11. The summed E-state index contributed by atoms with van der Waals surface area (Å²) in [7, 11) is 0. The van der Waals surface area contributed by atoms with Gasteiger partial charge in [0.1, 0.15) is 11.8 Å². The number of amides is 1. The summed E-state index contributed by atoms with van der Waals surface area (Å²) in [6.07, 6.45) is 2.48. The number of carbonyl (C=O) groups is 1. The number of nitrogens with zero attached hydrogens (tertiary/aromatic N) is 6. The first-order chi connectivity index (χ1) is 13.6. The molecule has 1 amide bonds. The molecule has 0 spiro atoms. The molecule has 0 radical (unpaired) electrons. The van der Waals surface area contributed by atoms with Crippen LogP contribution in [0.3, 0.4) is 0 Å². The first kappa shape index (κ1) is 18.2. The Morgan fingerprint density at radius 3 is 2.29 bits per heavy atom. The highest BCUT2D eigenvalue weighted by Gasteiger charge is 2.24. The maximum atomic E-state index is 12.8. The maximum absolute atomic E-state index is 12.8. The molecule has 4 rings (SSSR count). The van der Waals surface area contributed by atoms with Gasteiger partial charge in [-0.05, 0) is 50.1 Å². The van der Waals surface area contributed by atoms with E-state index in [1.165, 1.54) is 18.5 Å². The van der Waals surface area contributed by atoms with Crippen molar-refractivity contribution in [3.8, 4) is 6.07 Å². The van der Waals surface area contributed by atoms with Crippen molar-refractivity contribution in [2.45, 2.75) is 19.8 Å². The molecule has 2 fully saturated rings. The maximum Gasteiger partial charge on any atom is 0.253 e. The van der Waals surface area contributed by atoms with Crippen molar-refractivity contribution in [1.82, 2.24) is 14.9 Å². The van der Waals surface area contributed by atoms with E-state index in [9.17, 15) is 4.79 Å². The van der Waals surface area contributed by atoms with Crippen LogP contribution in [0.25, 0.3) is 0 Å². The van der Waals surface area contributed by atoms with Crippen molar-refractivity contribution in [1.29, 1.82) is 5.26 Å². The lowest BCUT2D eigenvalue weighted by atomic mass is 10.1. The number of carbonyl (C=O) groups excluding carboxylic acids is 1. The molecule has 2 aliphatic rings. The van der Waals surface area contributed by atoms with Crippen LogP contribution in [0.5, 0.6) is 0 Å². The van der Waals surface area contributed by atoms with E-state index in [-0.39, 0.29) is 5.91 Å². The highest BCUT2D eigenvalue weighted by molar-refractivity contribution is 5.94. The number of piperazine rings is 1. The molecule has 144 valence electrons. The number of anilines is 2. The molecule has 0 aliphatic carbocycles. The van der Waals surface area contributed by atoms with E-state index in [1.807, 2.05) is 28.9 Å². The van der Waals surface area contributed by atoms with E-state index in [0.29, 0.717) is 37.8 Å². The van der Waals surface area contributed by atoms with Crippen molar-refractivity contribution in [3.05, 3.63) is 47.3 Å². The van der Waals surface area contributed by atoms with Crippen molar-refractivity contribution in [3.63, 3.8) is 0 Å². The lowest BCUT2D eigenvalue weighted by Crippen LogP contribution is -2.49. The Morgan fingerprint density at radius 2 is 1.64 bits per heavy atom. The zero-order valence-electron chi connectivity index (χ0n) is 16.1. The largest absolute Gasteiger partial charge is 0.372 e. The molecule has 1 aromatic carbocycles. The Labute approximate surface area is 165 Å². The van der Waals surface area contributed by atoms with Crippen molar-refractivity contribution >= 4 is 17.5 Å². The summed E-state index contributed by atoms with van der Waals surface area (Å²) >= 11 is 0. The third kappa shape index (κ3) is 3.77. The van der Waals surface area contributed by atoms with Gasteiger partial charge >= 0.3 is 0 Å². The highest BCUT2D eigenvalue weighted by Crippen LogP contribution is 2.21. The third-order valence-electron chi connectivity index (χ3n) is 5.39. The smallest absolute Gasteiger partial charge is 0.253 e. The van der Waals surface area contributed by atoms with Gasteiger partial charge in [0.25, 0.3) is 5.91 Å². The average Bonchev–Trinajstić information content (AvgIpc) is 3.28. The number of rotatable bonds is 3. The van der Waals surface area contributed by atoms with Gasteiger partial charge < -0.3 is 14.7 Å². The molecule has 0 bridgehead atoms. The van der Waals surface area contributed by atoms with Gasteiger partial charge in [-0.25, -0.2) is 9.97 Å². The van der Waals surface area contributed by atoms with E-state index in [1.54, 1.807) is 6.07 Å². The molecule has 1 aromatic heterocycles. The molecule has 0 N–H and O–H groups in total. The van der Waals surface area contributed by atoms with E-state index < -0.39 is 0 Å². The SMILES string of the molecule is Cc1cc(C#N)nc(N2CCN(C(=O)c3ccc(N4CCCC4)cc3)CC2)n1. The number of nitriles is 1. The molecule has 7 nitrogen and oxygen atoms in total. The van der Waals surface area contributed by atoms with Gasteiger partial charge in [0.15, 0.2) is 0 Å². The summed E-state index contributed by atoms with van der Waals surface area (Å²) < 4.78 is 0.